The Labute approximate surface area is 147 Å². The van der Waals surface area contributed by atoms with Gasteiger partial charge in [0.2, 0.25) is 0 Å². The van der Waals surface area contributed by atoms with Gasteiger partial charge in [-0.15, -0.1) is 0 Å². The molecule has 0 aromatic carbocycles. The molecule has 0 bridgehead atoms. The van der Waals surface area contributed by atoms with E-state index in [2.05, 4.69) is 22.6 Å². The average molecular weight is 489 g/mol. The van der Waals surface area contributed by atoms with Gasteiger partial charge in [0, 0.05) is 12.8 Å². The van der Waals surface area contributed by atoms with E-state index in [1.807, 2.05) is 0 Å². The van der Waals surface area contributed by atoms with Gasteiger partial charge in [-0.05, 0) is 32.1 Å². The van der Waals surface area contributed by atoms with Crippen LogP contribution in [0.2, 0.25) is 0 Å². The fourth-order valence-corrected chi connectivity index (χ4v) is 5.99. The monoisotopic (exact) mass is 489 g/mol. The van der Waals surface area contributed by atoms with Crippen LogP contribution in [0.3, 0.4) is 0 Å². The maximum absolute atomic E-state index is 12.5. The zero-order valence-corrected chi connectivity index (χ0v) is 16.0. The molecule has 2 saturated heterocycles. The highest BCUT2D eigenvalue weighted by Gasteiger charge is 2.58. The fourth-order valence-electron chi connectivity index (χ4n) is 4.84. The molecule has 2 heterocycles. The summed E-state index contributed by atoms with van der Waals surface area (Å²) < 4.78 is 2.54. The molecular weight excluding hydrogens is 464 g/mol. The van der Waals surface area contributed by atoms with E-state index >= 15 is 0 Å². The summed E-state index contributed by atoms with van der Waals surface area (Å²) in [4.78, 5) is 12.5. The number of carbonyl (C=O) groups is 1. The van der Waals surface area contributed by atoms with Crippen LogP contribution in [0.4, 0.5) is 0 Å². The van der Waals surface area contributed by atoms with E-state index in [4.69, 9.17) is 0 Å². The number of ketones is 1. The standard InChI is InChI=1S/C15H25INO.HI/c16-11-13-10-15(7-3-2-6-14(15)18)12-17(13)8-4-1-5-9-17;/h13H,1-12H2;1H/q+1;/p-1. The minimum absolute atomic E-state index is 0. The Kier molecular flexibility index (Phi) is 5.60. The second-order valence-electron chi connectivity index (χ2n) is 6.81. The molecule has 0 radical (unpaired) electrons. The largest absolute Gasteiger partial charge is 1.00 e. The molecule has 0 N–H and O–H groups in total. The third kappa shape index (κ3) is 2.87. The number of hydrogen-bond donors (Lipinski definition) is 0. The van der Waals surface area contributed by atoms with E-state index in [0.29, 0.717) is 5.78 Å². The molecule has 3 rings (SSSR count). The van der Waals surface area contributed by atoms with E-state index in [1.54, 1.807) is 0 Å². The zero-order chi connectivity index (χ0) is 12.6. The number of rotatable bonds is 1. The van der Waals surface area contributed by atoms with Crippen LogP contribution in [0.1, 0.15) is 51.4 Å². The van der Waals surface area contributed by atoms with Crippen molar-refractivity contribution in [3.8, 4) is 0 Å². The predicted molar refractivity (Wildman–Crippen MR) is 81.9 cm³/mol. The Balaban J connectivity index is 0.00000133. The van der Waals surface area contributed by atoms with Crippen LogP contribution in [-0.4, -0.2) is 40.4 Å². The highest BCUT2D eigenvalue weighted by molar-refractivity contribution is 14.1. The average Bonchev–Trinajstić information content (AvgIpc) is 2.69. The zero-order valence-electron chi connectivity index (χ0n) is 11.7. The SMILES string of the molecule is O=C1CCCCC12CC(CI)[N+]1(CCCCC1)C2.[I-]. The summed E-state index contributed by atoms with van der Waals surface area (Å²) in [7, 11) is 0. The summed E-state index contributed by atoms with van der Waals surface area (Å²) in [6.45, 7) is 3.89. The Morgan fingerprint density at radius 1 is 1.16 bits per heavy atom. The summed E-state index contributed by atoms with van der Waals surface area (Å²) in [5.74, 6) is 0.615. The molecule has 2 spiro atoms. The van der Waals surface area contributed by atoms with Gasteiger partial charge in [-0.25, -0.2) is 0 Å². The molecule has 2 unspecified atom stereocenters. The van der Waals surface area contributed by atoms with Crippen LogP contribution in [-0.2, 0) is 4.79 Å². The maximum Gasteiger partial charge on any atom is 0.144 e. The number of hydrogen-bond acceptors (Lipinski definition) is 1. The molecule has 2 nitrogen and oxygen atoms in total. The normalized spacial score (nSPS) is 37.5. The number of carbonyl (C=O) groups excluding carboxylic acids is 1. The quantitative estimate of drug-likeness (QED) is 0.295. The van der Waals surface area contributed by atoms with Crippen LogP contribution in [0.25, 0.3) is 0 Å². The van der Waals surface area contributed by atoms with Gasteiger partial charge in [0.25, 0.3) is 0 Å². The Hall–Kier alpha value is 1.09. The van der Waals surface area contributed by atoms with Crippen LogP contribution in [0.15, 0.2) is 0 Å². The van der Waals surface area contributed by atoms with Gasteiger partial charge in [-0.1, -0.05) is 29.0 Å². The first kappa shape index (κ1) is 16.5. The van der Waals surface area contributed by atoms with Gasteiger partial charge in [0.15, 0.2) is 0 Å². The lowest BCUT2D eigenvalue weighted by Gasteiger charge is -2.43. The molecule has 1 saturated carbocycles. The second-order valence-corrected chi connectivity index (χ2v) is 7.69. The van der Waals surface area contributed by atoms with Crippen molar-refractivity contribution in [2.24, 2.45) is 5.41 Å². The lowest BCUT2D eigenvalue weighted by atomic mass is 9.71. The molecule has 1 aliphatic carbocycles. The molecule has 0 aromatic heterocycles. The minimum atomic E-state index is 0. The highest BCUT2D eigenvalue weighted by atomic mass is 127. The number of halogens is 2. The molecule has 0 aromatic rings. The van der Waals surface area contributed by atoms with Gasteiger partial charge >= 0.3 is 0 Å². The fraction of sp³-hybridized carbons (Fsp3) is 0.933. The smallest absolute Gasteiger partial charge is 0.144 e. The van der Waals surface area contributed by atoms with Gasteiger partial charge < -0.3 is 28.5 Å². The molecule has 3 aliphatic rings. The van der Waals surface area contributed by atoms with Crippen molar-refractivity contribution >= 4 is 28.4 Å². The third-order valence-corrected chi connectivity index (χ3v) is 6.82. The van der Waals surface area contributed by atoms with Crippen LogP contribution >= 0.6 is 22.6 Å². The number of nitrogens with zero attached hydrogens (tertiary/aromatic N) is 1. The van der Waals surface area contributed by atoms with Crippen molar-refractivity contribution in [1.29, 1.82) is 0 Å². The summed E-state index contributed by atoms with van der Waals surface area (Å²) >= 11 is 2.56. The lowest BCUT2D eigenvalue weighted by molar-refractivity contribution is -0.942. The van der Waals surface area contributed by atoms with Gasteiger partial charge in [0.1, 0.15) is 5.78 Å². The molecular formula is C15H25I2NO. The van der Waals surface area contributed by atoms with Crippen molar-refractivity contribution < 1.29 is 33.3 Å². The molecule has 2 atom stereocenters. The Morgan fingerprint density at radius 2 is 1.89 bits per heavy atom. The van der Waals surface area contributed by atoms with Crippen molar-refractivity contribution in [3.05, 3.63) is 0 Å². The predicted octanol–water partition coefficient (Wildman–Crippen LogP) is 0.328. The summed E-state index contributed by atoms with van der Waals surface area (Å²) in [6.07, 6.45) is 9.89. The van der Waals surface area contributed by atoms with Crippen LogP contribution in [0.5, 0.6) is 0 Å². The number of alkyl halides is 1. The summed E-state index contributed by atoms with van der Waals surface area (Å²) in [5, 5.41) is 0. The van der Waals surface area contributed by atoms with Gasteiger partial charge in [-0.2, -0.15) is 0 Å². The van der Waals surface area contributed by atoms with Crippen molar-refractivity contribution in [2.75, 3.05) is 24.1 Å². The van der Waals surface area contributed by atoms with E-state index < -0.39 is 0 Å². The molecule has 4 heteroatoms. The first-order valence-electron chi connectivity index (χ1n) is 7.66. The van der Waals surface area contributed by atoms with Crippen LogP contribution in [0, 0.1) is 5.41 Å². The molecule has 0 amide bonds. The lowest BCUT2D eigenvalue weighted by Crippen LogP contribution is -3.00. The summed E-state index contributed by atoms with van der Waals surface area (Å²) in [5.41, 5.74) is 0.103. The molecule has 110 valence electrons. The van der Waals surface area contributed by atoms with E-state index in [0.717, 1.165) is 18.9 Å². The van der Waals surface area contributed by atoms with Crippen molar-refractivity contribution in [2.45, 2.75) is 57.4 Å². The first-order chi connectivity index (χ1) is 8.71. The molecule has 3 fully saturated rings. The maximum atomic E-state index is 12.5. The number of Topliss-reactive ketones (excluding diaryl/α,β-unsaturated/α-hetero) is 1. The highest BCUT2D eigenvalue weighted by Crippen LogP contribution is 2.49. The van der Waals surface area contributed by atoms with E-state index in [9.17, 15) is 4.79 Å². The summed E-state index contributed by atoms with van der Waals surface area (Å²) in [6, 6.07) is 0.771. The van der Waals surface area contributed by atoms with Crippen LogP contribution < -0.4 is 24.0 Å². The first-order valence-corrected chi connectivity index (χ1v) is 9.18. The van der Waals surface area contributed by atoms with E-state index in [-0.39, 0.29) is 29.4 Å². The van der Waals surface area contributed by atoms with Crippen molar-refractivity contribution in [3.63, 3.8) is 0 Å². The Morgan fingerprint density at radius 3 is 2.53 bits per heavy atom. The second kappa shape index (κ2) is 6.46. The minimum Gasteiger partial charge on any atom is -1.00 e. The third-order valence-electron chi connectivity index (χ3n) is 5.80. The van der Waals surface area contributed by atoms with Crippen molar-refractivity contribution in [1.82, 2.24) is 0 Å². The Bertz CT molecular complexity index is 341. The number of piperidine rings is 1. The van der Waals surface area contributed by atoms with Gasteiger partial charge in [0.05, 0.1) is 35.5 Å². The molecule has 2 aliphatic heterocycles. The molecule has 19 heavy (non-hydrogen) atoms. The number of quaternary nitrogens is 1. The topological polar surface area (TPSA) is 17.1 Å². The van der Waals surface area contributed by atoms with Gasteiger partial charge in [-0.3, -0.25) is 4.79 Å². The van der Waals surface area contributed by atoms with E-state index in [1.165, 1.54) is 67.1 Å².